The van der Waals surface area contributed by atoms with Gasteiger partial charge in [-0.1, -0.05) is 40.5 Å². The third-order valence-corrected chi connectivity index (χ3v) is 5.19. The highest BCUT2D eigenvalue weighted by molar-refractivity contribution is 9.09. The molecule has 1 aliphatic heterocycles. The fourth-order valence-corrected chi connectivity index (χ4v) is 4.00. The van der Waals surface area contributed by atoms with E-state index in [1.807, 2.05) is 6.07 Å². The SMILES string of the molecule is CC1CC1C(Br)c1cc2c(cc1Cl)NC(=O)C2. The molecule has 0 saturated heterocycles. The van der Waals surface area contributed by atoms with Crippen molar-refractivity contribution in [2.45, 2.75) is 24.6 Å². The Labute approximate surface area is 114 Å². The van der Waals surface area contributed by atoms with E-state index in [0.29, 0.717) is 17.2 Å². The lowest BCUT2D eigenvalue weighted by molar-refractivity contribution is -0.115. The van der Waals surface area contributed by atoms with E-state index in [-0.39, 0.29) is 5.91 Å². The Morgan fingerprint density at radius 1 is 1.53 bits per heavy atom. The molecule has 1 amide bonds. The zero-order valence-corrected chi connectivity index (χ0v) is 11.8. The molecular weight excluding hydrogens is 302 g/mol. The molecule has 1 aromatic carbocycles. The minimum atomic E-state index is 0.0547. The number of fused-ring (bicyclic) bond motifs is 1. The molecule has 1 fully saturated rings. The van der Waals surface area contributed by atoms with Crippen molar-refractivity contribution < 1.29 is 4.79 Å². The standard InChI is InChI=1S/C13H13BrClNO/c1-6-2-8(6)13(14)9-3-7-4-12(17)16-11(7)5-10(9)15/h3,5-6,8,13H,2,4H2,1H3,(H,16,17). The van der Waals surface area contributed by atoms with Gasteiger partial charge in [-0.15, -0.1) is 0 Å². The average molecular weight is 315 g/mol. The maximum absolute atomic E-state index is 11.3. The average Bonchev–Trinajstić information content (AvgIpc) is 2.87. The van der Waals surface area contributed by atoms with Gasteiger partial charge in [-0.3, -0.25) is 4.79 Å². The first-order valence-corrected chi connectivity index (χ1v) is 7.12. The number of halogens is 2. The molecule has 1 N–H and O–H groups in total. The van der Waals surface area contributed by atoms with Gasteiger partial charge in [-0.25, -0.2) is 0 Å². The van der Waals surface area contributed by atoms with Crippen LogP contribution in [0.5, 0.6) is 0 Å². The Bertz CT molecular complexity index is 502. The summed E-state index contributed by atoms with van der Waals surface area (Å²) in [5, 5.41) is 3.56. The third kappa shape index (κ3) is 2.00. The summed E-state index contributed by atoms with van der Waals surface area (Å²) in [5.74, 6) is 1.50. The topological polar surface area (TPSA) is 29.1 Å². The van der Waals surface area contributed by atoms with E-state index in [2.05, 4.69) is 34.2 Å². The lowest BCUT2D eigenvalue weighted by atomic mass is 10.0. The number of amides is 1. The van der Waals surface area contributed by atoms with Crippen molar-refractivity contribution in [3.8, 4) is 0 Å². The van der Waals surface area contributed by atoms with Crippen molar-refractivity contribution in [2.24, 2.45) is 11.8 Å². The summed E-state index contributed by atoms with van der Waals surface area (Å²) in [6.07, 6.45) is 1.72. The van der Waals surface area contributed by atoms with E-state index < -0.39 is 0 Å². The molecule has 3 unspecified atom stereocenters. The Kier molecular flexibility index (Phi) is 2.71. The fourth-order valence-electron chi connectivity index (χ4n) is 2.47. The molecule has 4 heteroatoms. The Morgan fingerprint density at radius 2 is 2.24 bits per heavy atom. The lowest BCUT2D eigenvalue weighted by Crippen LogP contribution is -2.03. The summed E-state index contributed by atoms with van der Waals surface area (Å²) in [6, 6.07) is 3.94. The Morgan fingerprint density at radius 3 is 2.88 bits per heavy atom. The Hall–Kier alpha value is -0.540. The molecule has 17 heavy (non-hydrogen) atoms. The van der Waals surface area contributed by atoms with Gasteiger partial charge in [0.1, 0.15) is 0 Å². The van der Waals surface area contributed by atoms with E-state index in [0.717, 1.165) is 27.8 Å². The second-order valence-corrected chi connectivity index (χ2v) is 6.43. The van der Waals surface area contributed by atoms with Gasteiger partial charge in [-0.2, -0.15) is 0 Å². The number of anilines is 1. The second-order valence-electron chi connectivity index (χ2n) is 5.03. The number of nitrogens with one attached hydrogen (secondary N) is 1. The van der Waals surface area contributed by atoms with Gasteiger partial charge in [0.05, 0.1) is 6.42 Å². The number of hydrogen-bond acceptors (Lipinski definition) is 1. The van der Waals surface area contributed by atoms with Crippen molar-refractivity contribution in [3.05, 3.63) is 28.3 Å². The van der Waals surface area contributed by atoms with Crippen LogP contribution in [-0.2, 0) is 11.2 Å². The first-order chi connectivity index (χ1) is 8.06. The molecule has 1 heterocycles. The van der Waals surface area contributed by atoms with Gasteiger partial charge >= 0.3 is 0 Å². The van der Waals surface area contributed by atoms with Crippen LogP contribution in [0.1, 0.15) is 29.3 Å². The lowest BCUT2D eigenvalue weighted by Gasteiger charge is -2.13. The van der Waals surface area contributed by atoms with E-state index >= 15 is 0 Å². The van der Waals surface area contributed by atoms with Crippen LogP contribution in [-0.4, -0.2) is 5.91 Å². The maximum atomic E-state index is 11.3. The molecule has 3 rings (SSSR count). The van der Waals surface area contributed by atoms with Gasteiger partial charge < -0.3 is 5.32 Å². The minimum absolute atomic E-state index is 0.0547. The number of hydrogen-bond donors (Lipinski definition) is 1. The molecule has 1 saturated carbocycles. The molecule has 0 radical (unpaired) electrons. The predicted molar refractivity (Wildman–Crippen MR) is 72.7 cm³/mol. The normalized spacial score (nSPS) is 27.6. The number of rotatable bonds is 2. The molecule has 1 aromatic rings. The van der Waals surface area contributed by atoms with E-state index in [1.165, 1.54) is 6.42 Å². The highest BCUT2D eigenvalue weighted by atomic mass is 79.9. The summed E-state index contributed by atoms with van der Waals surface area (Å²) in [4.78, 5) is 11.6. The van der Waals surface area contributed by atoms with Crippen molar-refractivity contribution in [3.63, 3.8) is 0 Å². The zero-order valence-electron chi connectivity index (χ0n) is 9.47. The van der Waals surface area contributed by atoms with E-state index in [9.17, 15) is 4.79 Å². The van der Waals surface area contributed by atoms with Crippen molar-refractivity contribution in [2.75, 3.05) is 5.32 Å². The first kappa shape index (κ1) is 11.5. The summed E-state index contributed by atoms with van der Waals surface area (Å²) >= 11 is 10.0. The van der Waals surface area contributed by atoms with Crippen LogP contribution in [0, 0.1) is 11.8 Å². The van der Waals surface area contributed by atoms with Crippen molar-refractivity contribution >= 4 is 39.1 Å². The fraction of sp³-hybridized carbons (Fsp3) is 0.462. The summed E-state index contributed by atoms with van der Waals surface area (Å²) in [6.45, 7) is 2.26. The number of benzene rings is 1. The van der Waals surface area contributed by atoms with Crippen LogP contribution in [0.25, 0.3) is 0 Å². The molecule has 3 atom stereocenters. The summed E-state index contributed by atoms with van der Waals surface area (Å²) < 4.78 is 0. The van der Waals surface area contributed by atoms with Gasteiger partial charge in [0.15, 0.2) is 0 Å². The third-order valence-electron chi connectivity index (χ3n) is 3.69. The monoisotopic (exact) mass is 313 g/mol. The summed E-state index contributed by atoms with van der Waals surface area (Å²) in [5.41, 5.74) is 3.05. The van der Waals surface area contributed by atoms with E-state index in [4.69, 9.17) is 11.6 Å². The molecule has 2 aliphatic rings. The first-order valence-electron chi connectivity index (χ1n) is 5.82. The molecule has 90 valence electrons. The van der Waals surface area contributed by atoms with Crippen LogP contribution < -0.4 is 5.32 Å². The molecule has 0 aromatic heterocycles. The zero-order chi connectivity index (χ0) is 12.2. The largest absolute Gasteiger partial charge is 0.325 e. The van der Waals surface area contributed by atoms with Gasteiger partial charge in [-0.05, 0) is 35.4 Å². The maximum Gasteiger partial charge on any atom is 0.228 e. The predicted octanol–water partition coefficient (Wildman–Crippen LogP) is 3.93. The number of alkyl halides is 1. The number of carbonyl (C=O) groups excluding carboxylic acids is 1. The van der Waals surface area contributed by atoms with Gasteiger partial charge in [0.2, 0.25) is 5.91 Å². The Balaban J connectivity index is 1.95. The van der Waals surface area contributed by atoms with Crippen LogP contribution in [0.2, 0.25) is 5.02 Å². The van der Waals surface area contributed by atoms with E-state index in [1.54, 1.807) is 0 Å². The van der Waals surface area contributed by atoms with Crippen LogP contribution in [0.3, 0.4) is 0 Å². The molecule has 1 aliphatic carbocycles. The molecule has 0 bridgehead atoms. The summed E-state index contributed by atoms with van der Waals surface area (Å²) in [7, 11) is 0. The molecule has 0 spiro atoms. The van der Waals surface area contributed by atoms with Gasteiger partial charge in [0, 0.05) is 15.5 Å². The minimum Gasteiger partial charge on any atom is -0.325 e. The van der Waals surface area contributed by atoms with Gasteiger partial charge in [0.25, 0.3) is 0 Å². The van der Waals surface area contributed by atoms with Crippen molar-refractivity contribution in [1.82, 2.24) is 0 Å². The highest BCUT2D eigenvalue weighted by Gasteiger charge is 2.40. The van der Waals surface area contributed by atoms with Crippen molar-refractivity contribution in [1.29, 1.82) is 0 Å². The quantitative estimate of drug-likeness (QED) is 0.824. The number of carbonyl (C=O) groups is 1. The highest BCUT2D eigenvalue weighted by Crippen LogP contribution is 2.53. The molecule has 2 nitrogen and oxygen atoms in total. The van der Waals surface area contributed by atoms with Crippen LogP contribution in [0.4, 0.5) is 5.69 Å². The van der Waals surface area contributed by atoms with Crippen LogP contribution in [0.15, 0.2) is 12.1 Å². The smallest absolute Gasteiger partial charge is 0.228 e. The second kappa shape index (κ2) is 3.99. The molecular formula is C13H13BrClNO. The van der Waals surface area contributed by atoms with Crippen LogP contribution >= 0.6 is 27.5 Å².